The molecule has 0 atom stereocenters. The molecule has 0 radical (unpaired) electrons. The van der Waals surface area contributed by atoms with Crippen LogP contribution in [0.5, 0.6) is 0 Å². The zero-order valence-electron chi connectivity index (χ0n) is 11.6. The van der Waals surface area contributed by atoms with Gasteiger partial charge in [0.1, 0.15) is 0 Å². The number of carbonyl (C=O) groups is 1. The molecule has 0 unspecified atom stereocenters. The first-order valence-electron chi connectivity index (χ1n) is 6.39. The Bertz CT molecular complexity index is 680. The van der Waals surface area contributed by atoms with Gasteiger partial charge < -0.3 is 0 Å². The summed E-state index contributed by atoms with van der Waals surface area (Å²) in [5, 5.41) is 7.61. The standard InChI is InChI=1S/C13H14BrFN4OS/c1-3-10-9(14)5-11(21-10)13(20)18-16-6-8-7-17-19(4-2)12(8)15/h5-7H,3-4H2,1-2H3,(H,18,20). The average Bonchev–Trinajstić information content (AvgIpc) is 3.02. The summed E-state index contributed by atoms with van der Waals surface area (Å²) < 4.78 is 15.8. The van der Waals surface area contributed by atoms with Gasteiger partial charge in [-0.2, -0.15) is 14.6 Å². The number of nitrogens with one attached hydrogen (secondary N) is 1. The van der Waals surface area contributed by atoms with Gasteiger partial charge in [0.25, 0.3) is 5.91 Å². The molecule has 0 aliphatic carbocycles. The summed E-state index contributed by atoms with van der Waals surface area (Å²) in [7, 11) is 0. The van der Waals surface area contributed by atoms with E-state index in [-0.39, 0.29) is 11.5 Å². The van der Waals surface area contributed by atoms with E-state index in [1.165, 1.54) is 28.4 Å². The number of carbonyl (C=O) groups excluding carboxylic acids is 1. The number of aromatic nitrogens is 2. The molecular weight excluding hydrogens is 359 g/mol. The highest BCUT2D eigenvalue weighted by Crippen LogP contribution is 2.27. The van der Waals surface area contributed by atoms with Crippen LogP contribution in [0.3, 0.4) is 0 Å². The second-order valence-electron chi connectivity index (χ2n) is 4.14. The Kier molecular flexibility index (Phi) is 5.24. The average molecular weight is 373 g/mol. The van der Waals surface area contributed by atoms with E-state index >= 15 is 0 Å². The van der Waals surface area contributed by atoms with Gasteiger partial charge in [-0.1, -0.05) is 6.92 Å². The van der Waals surface area contributed by atoms with Gasteiger partial charge in [0.15, 0.2) is 0 Å². The maximum Gasteiger partial charge on any atom is 0.281 e. The number of nitrogens with zero attached hydrogens (tertiary/aromatic N) is 3. The maximum atomic E-state index is 13.7. The molecule has 8 heteroatoms. The molecule has 112 valence electrons. The molecule has 0 aliphatic heterocycles. The van der Waals surface area contributed by atoms with Crippen molar-refractivity contribution in [1.82, 2.24) is 15.2 Å². The van der Waals surface area contributed by atoms with Crippen LogP contribution in [-0.2, 0) is 13.0 Å². The minimum absolute atomic E-state index is 0.235. The molecule has 2 aromatic rings. The Labute approximate surface area is 134 Å². The van der Waals surface area contributed by atoms with E-state index in [0.29, 0.717) is 11.4 Å². The van der Waals surface area contributed by atoms with E-state index in [9.17, 15) is 9.18 Å². The first-order valence-corrected chi connectivity index (χ1v) is 8.00. The number of aryl methyl sites for hydroxylation is 2. The van der Waals surface area contributed by atoms with Gasteiger partial charge in [0.05, 0.1) is 22.9 Å². The third-order valence-electron chi connectivity index (χ3n) is 2.77. The van der Waals surface area contributed by atoms with Gasteiger partial charge >= 0.3 is 0 Å². The van der Waals surface area contributed by atoms with Crippen molar-refractivity contribution in [2.24, 2.45) is 5.10 Å². The number of halogens is 2. The lowest BCUT2D eigenvalue weighted by molar-refractivity contribution is 0.0959. The molecule has 0 saturated heterocycles. The summed E-state index contributed by atoms with van der Waals surface area (Å²) in [5.74, 6) is -0.789. The van der Waals surface area contributed by atoms with E-state index < -0.39 is 5.95 Å². The fraction of sp³-hybridized carbons (Fsp3) is 0.308. The molecule has 2 heterocycles. The molecule has 1 N–H and O–H groups in total. The monoisotopic (exact) mass is 372 g/mol. The van der Waals surface area contributed by atoms with Crippen LogP contribution in [0.25, 0.3) is 0 Å². The second-order valence-corrected chi connectivity index (χ2v) is 6.13. The predicted molar refractivity (Wildman–Crippen MR) is 84.3 cm³/mol. The highest BCUT2D eigenvalue weighted by molar-refractivity contribution is 9.10. The van der Waals surface area contributed by atoms with Crippen molar-refractivity contribution >= 4 is 39.4 Å². The van der Waals surface area contributed by atoms with E-state index in [0.717, 1.165) is 15.8 Å². The molecule has 0 aromatic carbocycles. The molecule has 0 fully saturated rings. The van der Waals surface area contributed by atoms with Gasteiger partial charge in [0.2, 0.25) is 5.95 Å². The van der Waals surface area contributed by atoms with Crippen LogP contribution in [0.1, 0.15) is 34.0 Å². The van der Waals surface area contributed by atoms with Crippen molar-refractivity contribution in [2.75, 3.05) is 0 Å². The predicted octanol–water partition coefficient (Wildman–Crippen LogP) is 3.19. The van der Waals surface area contributed by atoms with Gasteiger partial charge in [-0.05, 0) is 35.3 Å². The molecule has 0 spiro atoms. The fourth-order valence-electron chi connectivity index (χ4n) is 1.67. The fourth-order valence-corrected chi connectivity index (χ4v) is 3.45. The number of amides is 1. The first kappa shape index (κ1) is 15.8. The Hall–Kier alpha value is -1.54. The van der Waals surface area contributed by atoms with Crippen molar-refractivity contribution in [1.29, 1.82) is 0 Å². The lowest BCUT2D eigenvalue weighted by atomic mass is 10.3. The summed E-state index contributed by atoms with van der Waals surface area (Å²) in [5.41, 5.74) is 2.62. The molecule has 1 amide bonds. The van der Waals surface area contributed by atoms with Gasteiger partial charge in [-0.15, -0.1) is 11.3 Å². The Morgan fingerprint density at radius 1 is 1.62 bits per heavy atom. The third kappa shape index (κ3) is 3.56. The summed E-state index contributed by atoms with van der Waals surface area (Å²) in [6.45, 7) is 4.25. The van der Waals surface area contributed by atoms with E-state index in [4.69, 9.17) is 0 Å². The van der Waals surface area contributed by atoms with Gasteiger partial charge in [-0.3, -0.25) is 4.79 Å². The third-order valence-corrected chi connectivity index (χ3v) is 5.02. The zero-order chi connectivity index (χ0) is 15.4. The number of rotatable bonds is 5. The lowest BCUT2D eigenvalue weighted by Gasteiger charge is -1.96. The topological polar surface area (TPSA) is 59.3 Å². The minimum atomic E-state index is -0.470. The number of thiophene rings is 1. The SMILES string of the molecule is CCc1sc(C(=O)NN=Cc2cnn(CC)c2F)cc1Br. The number of hydrazone groups is 1. The Morgan fingerprint density at radius 2 is 2.38 bits per heavy atom. The lowest BCUT2D eigenvalue weighted by Crippen LogP contribution is -2.16. The molecule has 0 saturated carbocycles. The molecule has 0 aliphatic rings. The molecular formula is C13H14BrFN4OS. The van der Waals surface area contributed by atoms with E-state index in [2.05, 4.69) is 31.6 Å². The van der Waals surface area contributed by atoms with Crippen molar-refractivity contribution in [3.05, 3.63) is 38.0 Å². The second kappa shape index (κ2) is 6.95. The summed E-state index contributed by atoms with van der Waals surface area (Å²) >= 11 is 4.80. The van der Waals surface area contributed by atoms with Crippen molar-refractivity contribution in [3.63, 3.8) is 0 Å². The zero-order valence-corrected chi connectivity index (χ0v) is 14.0. The molecule has 0 bridgehead atoms. The van der Waals surface area contributed by atoms with Crippen LogP contribution in [0.4, 0.5) is 4.39 Å². The number of hydrogen-bond acceptors (Lipinski definition) is 4. The van der Waals surface area contributed by atoms with Crippen molar-refractivity contribution in [2.45, 2.75) is 26.8 Å². The summed E-state index contributed by atoms with van der Waals surface area (Å²) in [6, 6.07) is 1.75. The molecule has 21 heavy (non-hydrogen) atoms. The van der Waals surface area contributed by atoms with E-state index in [1.54, 1.807) is 13.0 Å². The highest BCUT2D eigenvalue weighted by Gasteiger charge is 2.12. The van der Waals surface area contributed by atoms with E-state index in [1.807, 2.05) is 6.92 Å². The van der Waals surface area contributed by atoms with Crippen molar-refractivity contribution < 1.29 is 9.18 Å². The highest BCUT2D eigenvalue weighted by atomic mass is 79.9. The van der Waals surface area contributed by atoms with Gasteiger partial charge in [0, 0.05) is 15.9 Å². The van der Waals surface area contributed by atoms with Crippen molar-refractivity contribution in [3.8, 4) is 0 Å². The van der Waals surface area contributed by atoms with Crippen LogP contribution < -0.4 is 5.43 Å². The van der Waals surface area contributed by atoms with Crippen LogP contribution >= 0.6 is 27.3 Å². The smallest absolute Gasteiger partial charge is 0.266 e. The number of hydrogen-bond donors (Lipinski definition) is 1. The molecule has 5 nitrogen and oxygen atoms in total. The first-order chi connectivity index (χ1) is 10.1. The maximum absolute atomic E-state index is 13.7. The van der Waals surface area contributed by atoms with Crippen LogP contribution in [0, 0.1) is 5.95 Å². The van der Waals surface area contributed by atoms with Crippen LogP contribution in [-0.4, -0.2) is 21.9 Å². The molecule has 2 rings (SSSR count). The molecule has 2 aromatic heterocycles. The minimum Gasteiger partial charge on any atom is -0.266 e. The summed E-state index contributed by atoms with van der Waals surface area (Å²) in [4.78, 5) is 13.6. The van der Waals surface area contributed by atoms with Gasteiger partial charge in [-0.25, -0.2) is 10.1 Å². The quantitative estimate of drug-likeness (QED) is 0.647. The Balaban J connectivity index is 2.02. The van der Waals surface area contributed by atoms with Crippen LogP contribution in [0.15, 0.2) is 21.8 Å². The normalized spacial score (nSPS) is 11.2. The summed E-state index contributed by atoms with van der Waals surface area (Å²) in [6.07, 6.45) is 3.46. The Morgan fingerprint density at radius 3 is 2.95 bits per heavy atom. The van der Waals surface area contributed by atoms with Crippen LogP contribution in [0.2, 0.25) is 0 Å². The largest absolute Gasteiger partial charge is 0.281 e.